The van der Waals surface area contributed by atoms with Crippen molar-refractivity contribution < 1.29 is 14.3 Å². The van der Waals surface area contributed by atoms with Gasteiger partial charge in [0.15, 0.2) is 6.10 Å². The fourth-order valence-electron chi connectivity index (χ4n) is 2.99. The minimum atomic E-state index is -0.702. The van der Waals surface area contributed by atoms with Gasteiger partial charge in [0, 0.05) is 13.1 Å². The Morgan fingerprint density at radius 2 is 1.59 bits per heavy atom. The lowest BCUT2D eigenvalue weighted by atomic mass is 9.87. The van der Waals surface area contributed by atoms with Crippen molar-refractivity contribution in [3.63, 3.8) is 0 Å². The highest BCUT2D eigenvalue weighted by atomic mass is 16.5. The first kappa shape index (κ1) is 22.5. The Morgan fingerprint density at radius 1 is 1.00 bits per heavy atom. The van der Waals surface area contributed by atoms with Crippen molar-refractivity contribution in [2.24, 2.45) is 0 Å². The quantitative estimate of drug-likeness (QED) is 0.726. The molecule has 0 heterocycles. The lowest BCUT2D eigenvalue weighted by Gasteiger charge is -2.22. The van der Waals surface area contributed by atoms with Crippen molar-refractivity contribution in [1.29, 1.82) is 0 Å². The van der Waals surface area contributed by atoms with Crippen LogP contribution in [-0.2, 0) is 10.2 Å². The fraction of sp³-hybridized carbons (Fsp3) is 0.417. The second-order valence-corrected chi connectivity index (χ2v) is 8.05. The summed E-state index contributed by atoms with van der Waals surface area (Å²) in [5, 5.41) is 2.84. The first-order valence-electron chi connectivity index (χ1n) is 10.1. The molecule has 1 atom stereocenters. The molecule has 1 N–H and O–H groups in total. The molecule has 2 rings (SSSR count). The monoisotopic (exact) mass is 396 g/mol. The molecule has 0 spiro atoms. The van der Waals surface area contributed by atoms with Crippen LogP contribution in [0.1, 0.15) is 57.5 Å². The molecule has 0 fully saturated rings. The van der Waals surface area contributed by atoms with Crippen LogP contribution in [0.25, 0.3) is 0 Å². The van der Waals surface area contributed by atoms with Crippen LogP contribution >= 0.6 is 0 Å². The number of nitrogens with one attached hydrogen (secondary N) is 1. The molecule has 0 aliphatic carbocycles. The summed E-state index contributed by atoms with van der Waals surface area (Å²) >= 11 is 0. The van der Waals surface area contributed by atoms with Gasteiger partial charge in [-0.15, -0.1) is 0 Å². The zero-order valence-electron chi connectivity index (χ0n) is 18.3. The van der Waals surface area contributed by atoms with E-state index in [2.05, 4.69) is 26.1 Å². The maximum absolute atomic E-state index is 12.7. The van der Waals surface area contributed by atoms with Crippen LogP contribution in [0.4, 0.5) is 5.69 Å². The van der Waals surface area contributed by atoms with Gasteiger partial charge in [-0.2, -0.15) is 0 Å². The molecule has 0 saturated carbocycles. The number of ether oxygens (including phenoxy) is 1. The number of hydrogen-bond donors (Lipinski definition) is 1. The van der Waals surface area contributed by atoms with Gasteiger partial charge in [0.25, 0.3) is 11.8 Å². The minimum Gasteiger partial charge on any atom is -0.481 e. The number of carbonyl (C=O) groups is 2. The van der Waals surface area contributed by atoms with Gasteiger partial charge in [0.05, 0.1) is 11.3 Å². The third-order valence-corrected chi connectivity index (χ3v) is 4.87. The molecule has 0 aliphatic heterocycles. The molecule has 0 aromatic heterocycles. The standard InChI is InChI=1S/C24H32N2O3/c1-7-26(8-2)23(28)20-11-9-10-12-21(20)25-22(27)17(3)29-19-15-13-18(14-16-19)24(4,5)6/h9-17H,7-8H2,1-6H3,(H,25,27)/t17-/m1/s1. The van der Waals surface area contributed by atoms with E-state index in [1.807, 2.05) is 38.1 Å². The molecule has 0 radical (unpaired) electrons. The second kappa shape index (κ2) is 9.59. The smallest absolute Gasteiger partial charge is 0.265 e. The van der Waals surface area contributed by atoms with Crippen LogP contribution in [-0.4, -0.2) is 35.9 Å². The summed E-state index contributed by atoms with van der Waals surface area (Å²) < 4.78 is 5.80. The predicted octanol–water partition coefficient (Wildman–Crippen LogP) is 4.87. The van der Waals surface area contributed by atoms with E-state index in [0.29, 0.717) is 30.1 Å². The number of nitrogens with zero attached hydrogens (tertiary/aromatic N) is 1. The van der Waals surface area contributed by atoms with E-state index < -0.39 is 6.10 Å². The zero-order valence-corrected chi connectivity index (χ0v) is 18.3. The Balaban J connectivity index is 2.09. The minimum absolute atomic E-state index is 0.0582. The Morgan fingerprint density at radius 3 is 2.14 bits per heavy atom. The van der Waals surface area contributed by atoms with Gasteiger partial charge < -0.3 is 15.0 Å². The SMILES string of the molecule is CCN(CC)C(=O)c1ccccc1NC(=O)[C@@H](C)Oc1ccc(C(C)(C)C)cc1. The summed E-state index contributed by atoms with van der Waals surface area (Å²) in [6.45, 7) is 13.2. The van der Waals surface area contributed by atoms with Gasteiger partial charge in [0.2, 0.25) is 0 Å². The third kappa shape index (κ3) is 5.83. The van der Waals surface area contributed by atoms with E-state index in [1.54, 1.807) is 36.1 Å². The van der Waals surface area contributed by atoms with Gasteiger partial charge in [-0.3, -0.25) is 9.59 Å². The van der Waals surface area contributed by atoms with Gasteiger partial charge >= 0.3 is 0 Å². The highest BCUT2D eigenvalue weighted by Crippen LogP contribution is 2.25. The van der Waals surface area contributed by atoms with E-state index in [9.17, 15) is 9.59 Å². The molecular weight excluding hydrogens is 364 g/mol. The first-order valence-corrected chi connectivity index (χ1v) is 10.1. The van der Waals surface area contributed by atoms with Crippen molar-refractivity contribution in [3.05, 3.63) is 59.7 Å². The van der Waals surface area contributed by atoms with E-state index >= 15 is 0 Å². The van der Waals surface area contributed by atoms with Crippen LogP contribution < -0.4 is 10.1 Å². The molecule has 0 aliphatic rings. The third-order valence-electron chi connectivity index (χ3n) is 4.87. The highest BCUT2D eigenvalue weighted by Gasteiger charge is 2.21. The number of amides is 2. The molecule has 2 aromatic rings. The molecule has 0 bridgehead atoms. The van der Waals surface area contributed by atoms with Gasteiger partial charge in [-0.05, 0) is 56.0 Å². The number of rotatable bonds is 7. The molecule has 0 saturated heterocycles. The molecular formula is C24H32N2O3. The summed E-state index contributed by atoms with van der Waals surface area (Å²) in [4.78, 5) is 27.1. The predicted molar refractivity (Wildman–Crippen MR) is 118 cm³/mol. The topological polar surface area (TPSA) is 58.6 Å². The Bertz CT molecular complexity index is 834. The molecule has 29 heavy (non-hydrogen) atoms. The van der Waals surface area contributed by atoms with E-state index in [-0.39, 0.29) is 17.2 Å². The maximum Gasteiger partial charge on any atom is 0.265 e. The molecule has 156 valence electrons. The Hall–Kier alpha value is -2.82. The van der Waals surface area contributed by atoms with Crippen LogP contribution in [0.15, 0.2) is 48.5 Å². The van der Waals surface area contributed by atoms with Gasteiger partial charge in [-0.1, -0.05) is 45.0 Å². The second-order valence-electron chi connectivity index (χ2n) is 8.05. The lowest BCUT2D eigenvalue weighted by Crippen LogP contribution is -2.33. The number of para-hydroxylation sites is 1. The Kier molecular flexibility index (Phi) is 7.43. The number of benzene rings is 2. The van der Waals surface area contributed by atoms with E-state index in [1.165, 1.54) is 5.56 Å². The van der Waals surface area contributed by atoms with Crippen LogP contribution in [0.5, 0.6) is 5.75 Å². The number of carbonyl (C=O) groups excluding carboxylic acids is 2. The van der Waals surface area contributed by atoms with Crippen molar-refractivity contribution in [2.75, 3.05) is 18.4 Å². The summed E-state index contributed by atoms with van der Waals surface area (Å²) in [5.41, 5.74) is 2.23. The molecule has 5 heteroatoms. The molecule has 2 aromatic carbocycles. The van der Waals surface area contributed by atoms with Gasteiger partial charge in [0.1, 0.15) is 5.75 Å². The fourth-order valence-corrected chi connectivity index (χ4v) is 2.99. The van der Waals surface area contributed by atoms with Crippen LogP contribution in [0, 0.1) is 0 Å². The normalized spacial score (nSPS) is 12.2. The summed E-state index contributed by atoms with van der Waals surface area (Å²) in [5.74, 6) is 0.232. The number of anilines is 1. The van der Waals surface area contributed by atoms with Gasteiger partial charge in [-0.25, -0.2) is 0 Å². The molecule has 2 amide bonds. The highest BCUT2D eigenvalue weighted by molar-refractivity contribution is 6.04. The summed E-state index contributed by atoms with van der Waals surface area (Å²) in [6, 6.07) is 14.8. The molecule has 0 unspecified atom stereocenters. The van der Waals surface area contributed by atoms with Crippen molar-refractivity contribution in [1.82, 2.24) is 4.90 Å². The Labute approximate surface area is 174 Å². The van der Waals surface area contributed by atoms with Crippen molar-refractivity contribution in [3.8, 4) is 5.75 Å². The summed E-state index contributed by atoms with van der Waals surface area (Å²) in [6.07, 6.45) is -0.702. The zero-order chi connectivity index (χ0) is 21.6. The average molecular weight is 397 g/mol. The van der Waals surface area contributed by atoms with E-state index in [0.717, 1.165) is 0 Å². The maximum atomic E-state index is 12.7. The largest absolute Gasteiger partial charge is 0.481 e. The summed E-state index contributed by atoms with van der Waals surface area (Å²) in [7, 11) is 0. The van der Waals surface area contributed by atoms with Crippen molar-refractivity contribution >= 4 is 17.5 Å². The first-order chi connectivity index (χ1) is 13.7. The van der Waals surface area contributed by atoms with E-state index in [4.69, 9.17) is 4.74 Å². The van der Waals surface area contributed by atoms with Crippen molar-refractivity contribution in [2.45, 2.75) is 53.1 Å². The lowest BCUT2D eigenvalue weighted by molar-refractivity contribution is -0.122. The van der Waals surface area contributed by atoms with Crippen LogP contribution in [0.3, 0.4) is 0 Å². The molecule has 5 nitrogen and oxygen atoms in total. The average Bonchev–Trinajstić information content (AvgIpc) is 2.69. The van der Waals surface area contributed by atoms with Crippen LogP contribution in [0.2, 0.25) is 0 Å². The number of hydrogen-bond acceptors (Lipinski definition) is 3.